The van der Waals surface area contributed by atoms with Crippen LogP contribution in [0.25, 0.3) is 0 Å². The van der Waals surface area contributed by atoms with E-state index in [1.54, 1.807) is 7.05 Å². The molecule has 2 heterocycles. The predicted molar refractivity (Wildman–Crippen MR) is 108 cm³/mol. The minimum absolute atomic E-state index is 0.178. The van der Waals surface area contributed by atoms with Crippen molar-refractivity contribution in [1.82, 2.24) is 10.4 Å². The van der Waals surface area contributed by atoms with Crippen molar-refractivity contribution in [2.75, 3.05) is 20.7 Å². The first kappa shape index (κ1) is 23.8. The van der Waals surface area contributed by atoms with E-state index < -0.39 is 36.0 Å². The Kier molecular flexibility index (Phi) is 6.13. The third kappa shape index (κ3) is 3.77. The highest BCUT2D eigenvalue weighted by molar-refractivity contribution is 5.50. The molecule has 1 N–H and O–H groups in total. The van der Waals surface area contributed by atoms with Crippen LogP contribution in [0.1, 0.15) is 47.1 Å². The fraction of sp³-hybridized carbons (Fsp3) is 0.478. The molecule has 1 saturated heterocycles. The Morgan fingerprint density at radius 2 is 1.73 bits per heavy atom. The maximum Gasteiger partial charge on any atom is 0.430 e. The molecule has 2 atom stereocenters. The largest absolute Gasteiger partial charge is 0.496 e. The Morgan fingerprint density at radius 3 is 2.30 bits per heavy atom. The van der Waals surface area contributed by atoms with Crippen molar-refractivity contribution in [3.05, 3.63) is 64.7 Å². The van der Waals surface area contributed by atoms with Crippen molar-refractivity contribution in [3.63, 3.8) is 0 Å². The highest BCUT2D eigenvalue weighted by atomic mass is 19.4. The summed E-state index contributed by atoms with van der Waals surface area (Å²) in [6.45, 7) is -0.127. The number of methoxy groups -OCH3 is 1. The number of ether oxygens (including phenoxy) is 2. The summed E-state index contributed by atoms with van der Waals surface area (Å²) in [4.78, 5) is 0. The lowest BCUT2D eigenvalue weighted by Crippen LogP contribution is -2.53. The van der Waals surface area contributed by atoms with Crippen LogP contribution in [0.15, 0.2) is 42.5 Å². The second-order valence-electron chi connectivity index (χ2n) is 8.24. The van der Waals surface area contributed by atoms with E-state index in [0.717, 1.165) is 11.6 Å². The van der Waals surface area contributed by atoms with E-state index in [2.05, 4.69) is 10.2 Å². The summed E-state index contributed by atoms with van der Waals surface area (Å²) in [5.74, 6) is -0.157. The van der Waals surface area contributed by atoms with Crippen LogP contribution < -0.4 is 10.2 Å². The molecule has 4 nitrogen and oxygen atoms in total. The number of hydrogen-bond donors (Lipinski definition) is 1. The molecule has 2 aromatic rings. The number of benzene rings is 2. The summed E-state index contributed by atoms with van der Waals surface area (Å²) in [7, 11) is 3.10. The van der Waals surface area contributed by atoms with Crippen molar-refractivity contribution < 1.29 is 35.8 Å². The van der Waals surface area contributed by atoms with Gasteiger partial charge in [0.25, 0.3) is 5.60 Å². The molecule has 10 heteroatoms. The molecule has 0 bridgehead atoms. The fourth-order valence-corrected chi connectivity index (χ4v) is 5.08. The Bertz CT molecular complexity index is 979. The number of nitrogens with zero attached hydrogens (tertiary/aromatic N) is 1. The van der Waals surface area contributed by atoms with E-state index in [1.807, 2.05) is 35.3 Å². The molecule has 0 radical (unpaired) electrons. The van der Waals surface area contributed by atoms with Gasteiger partial charge in [0.15, 0.2) is 0 Å². The molecule has 0 aromatic heterocycles. The van der Waals surface area contributed by atoms with Crippen LogP contribution in [0.2, 0.25) is 0 Å². The maximum absolute atomic E-state index is 13.9. The quantitative estimate of drug-likeness (QED) is 0.585. The zero-order valence-electron chi connectivity index (χ0n) is 18.1. The number of halogens is 6. The molecule has 2 aliphatic rings. The van der Waals surface area contributed by atoms with Gasteiger partial charge in [-0.05, 0) is 48.7 Å². The molecule has 0 amide bonds. The summed E-state index contributed by atoms with van der Waals surface area (Å²) in [6.07, 6.45) is -10.1. The molecule has 0 aliphatic carbocycles. The van der Waals surface area contributed by atoms with Crippen LogP contribution in [0.3, 0.4) is 0 Å². The molecular weight excluding hydrogens is 450 g/mol. The number of rotatable bonds is 4. The van der Waals surface area contributed by atoms with Crippen molar-refractivity contribution >= 4 is 0 Å². The SMILES string of the molecule is CNN1CCC[C@@H](c2cc3c(cc2OC)COC3(C(F)(F)F)C(F)(F)F)[C@H]1c1ccccc1. The van der Waals surface area contributed by atoms with Gasteiger partial charge in [0.05, 0.1) is 19.8 Å². The standard InChI is InChI=1S/C23H24F6N2O2/c1-30-31-10-6-9-16(20(31)14-7-4-3-5-8-14)17-12-18-15(11-19(17)32-2)13-33-21(18,22(24,25)26)23(27,28)29/h3-5,7-8,11-12,16,20,30H,6,9-10,13H2,1-2H3/t16-,20+/m0/s1. The first-order chi connectivity index (χ1) is 15.5. The summed E-state index contributed by atoms with van der Waals surface area (Å²) < 4.78 is 93.4. The maximum atomic E-state index is 13.9. The van der Waals surface area contributed by atoms with Gasteiger partial charge in [-0.25, -0.2) is 5.01 Å². The molecule has 4 rings (SSSR count). The zero-order chi connectivity index (χ0) is 24.0. The Morgan fingerprint density at radius 1 is 1.06 bits per heavy atom. The minimum Gasteiger partial charge on any atom is -0.496 e. The smallest absolute Gasteiger partial charge is 0.430 e. The van der Waals surface area contributed by atoms with Gasteiger partial charge in [-0.15, -0.1) is 0 Å². The molecule has 2 aromatic carbocycles. The highest BCUT2D eigenvalue weighted by Gasteiger charge is 2.75. The van der Waals surface area contributed by atoms with Crippen LogP contribution in [-0.2, 0) is 16.9 Å². The third-order valence-electron chi connectivity index (χ3n) is 6.54. The molecule has 0 spiro atoms. The summed E-state index contributed by atoms with van der Waals surface area (Å²) >= 11 is 0. The lowest BCUT2D eigenvalue weighted by molar-refractivity contribution is -0.385. The van der Waals surface area contributed by atoms with E-state index in [-0.39, 0.29) is 17.4 Å². The van der Waals surface area contributed by atoms with Crippen LogP contribution in [0.5, 0.6) is 5.75 Å². The number of fused-ring (bicyclic) bond motifs is 1. The van der Waals surface area contributed by atoms with Crippen LogP contribution in [0, 0.1) is 0 Å². The van der Waals surface area contributed by atoms with Gasteiger partial charge >= 0.3 is 12.4 Å². The zero-order valence-corrected chi connectivity index (χ0v) is 18.1. The van der Waals surface area contributed by atoms with Crippen molar-refractivity contribution in [3.8, 4) is 5.75 Å². The molecular formula is C23H24F6N2O2. The van der Waals surface area contributed by atoms with E-state index in [4.69, 9.17) is 4.74 Å². The monoisotopic (exact) mass is 474 g/mol. The molecule has 33 heavy (non-hydrogen) atoms. The van der Waals surface area contributed by atoms with Crippen molar-refractivity contribution in [2.24, 2.45) is 0 Å². The number of hydrogen-bond acceptors (Lipinski definition) is 4. The summed E-state index contributed by atoms with van der Waals surface area (Å²) in [6, 6.07) is 11.3. The lowest BCUT2D eigenvalue weighted by Gasteiger charge is -2.42. The first-order valence-electron chi connectivity index (χ1n) is 10.5. The fourth-order valence-electron chi connectivity index (χ4n) is 5.08. The number of hydrazine groups is 1. The molecule has 180 valence electrons. The van der Waals surface area contributed by atoms with Gasteiger partial charge in [-0.2, -0.15) is 26.3 Å². The van der Waals surface area contributed by atoms with E-state index in [1.165, 1.54) is 13.2 Å². The van der Waals surface area contributed by atoms with E-state index in [9.17, 15) is 26.3 Å². The second kappa shape index (κ2) is 8.48. The van der Waals surface area contributed by atoms with Gasteiger partial charge < -0.3 is 9.47 Å². The minimum atomic E-state index is -5.68. The van der Waals surface area contributed by atoms with Crippen LogP contribution >= 0.6 is 0 Å². The average molecular weight is 474 g/mol. The normalized spacial score (nSPS) is 23.4. The van der Waals surface area contributed by atoms with Gasteiger partial charge in [0.1, 0.15) is 5.75 Å². The van der Waals surface area contributed by atoms with E-state index in [0.29, 0.717) is 24.9 Å². The Balaban J connectivity index is 1.91. The Labute approximate surface area is 187 Å². The third-order valence-corrected chi connectivity index (χ3v) is 6.54. The number of piperidine rings is 1. The highest BCUT2D eigenvalue weighted by Crippen LogP contribution is 2.58. The van der Waals surface area contributed by atoms with Gasteiger partial charge in [-0.3, -0.25) is 5.43 Å². The summed E-state index contributed by atoms with van der Waals surface area (Å²) in [5, 5.41) is 1.95. The van der Waals surface area contributed by atoms with Crippen LogP contribution in [0.4, 0.5) is 26.3 Å². The molecule has 0 saturated carbocycles. The van der Waals surface area contributed by atoms with Gasteiger partial charge in [0.2, 0.25) is 0 Å². The van der Waals surface area contributed by atoms with Crippen molar-refractivity contribution in [2.45, 2.75) is 49.4 Å². The predicted octanol–water partition coefficient (Wildman–Crippen LogP) is 5.60. The van der Waals surface area contributed by atoms with Gasteiger partial charge in [-0.1, -0.05) is 30.3 Å². The first-order valence-corrected chi connectivity index (χ1v) is 10.5. The lowest BCUT2D eigenvalue weighted by atomic mass is 9.78. The van der Waals surface area contributed by atoms with Gasteiger partial charge in [0, 0.05) is 18.0 Å². The Hall–Kier alpha value is -2.30. The van der Waals surface area contributed by atoms with Crippen molar-refractivity contribution in [1.29, 1.82) is 0 Å². The molecule has 0 unspecified atom stereocenters. The molecule has 2 aliphatic heterocycles. The number of alkyl halides is 6. The van der Waals surface area contributed by atoms with E-state index >= 15 is 0 Å². The average Bonchev–Trinajstić information content (AvgIpc) is 3.18. The topological polar surface area (TPSA) is 33.7 Å². The summed E-state index contributed by atoms with van der Waals surface area (Å²) in [5.41, 5.74) is -1.14. The van der Waals surface area contributed by atoms with Crippen LogP contribution in [-0.4, -0.2) is 38.1 Å². The number of nitrogens with one attached hydrogen (secondary N) is 1. The second-order valence-corrected chi connectivity index (χ2v) is 8.24. The molecule has 1 fully saturated rings.